The maximum atomic E-state index is 11.7. The van der Waals surface area contributed by atoms with Gasteiger partial charge in [-0.15, -0.1) is 0 Å². The zero-order chi connectivity index (χ0) is 12.0. The molecule has 3 nitrogen and oxygen atoms in total. The third-order valence-electron chi connectivity index (χ3n) is 3.93. The van der Waals surface area contributed by atoms with E-state index in [0.29, 0.717) is 0 Å². The van der Waals surface area contributed by atoms with Gasteiger partial charge < -0.3 is 9.64 Å². The van der Waals surface area contributed by atoms with Gasteiger partial charge in [-0.05, 0) is 25.0 Å². The molecule has 1 aromatic rings. The fourth-order valence-corrected chi connectivity index (χ4v) is 3.18. The van der Waals surface area contributed by atoms with Gasteiger partial charge in [0.2, 0.25) is 5.91 Å². The number of carbonyl (C=O) groups is 1. The van der Waals surface area contributed by atoms with E-state index in [1.807, 2.05) is 23.1 Å². The zero-order valence-corrected chi connectivity index (χ0v) is 10.3. The third kappa shape index (κ3) is 1.49. The highest BCUT2D eigenvalue weighted by atomic mass is 16.5. The molecular weight excluding hydrogens is 214 g/mol. The van der Waals surface area contributed by atoms with Crippen molar-refractivity contribution < 1.29 is 9.53 Å². The van der Waals surface area contributed by atoms with Gasteiger partial charge in [-0.25, -0.2) is 0 Å². The van der Waals surface area contributed by atoms with Crippen molar-refractivity contribution in [2.75, 3.05) is 18.1 Å². The largest absolute Gasteiger partial charge is 0.377 e. The van der Waals surface area contributed by atoms with Crippen LogP contribution >= 0.6 is 0 Å². The molecule has 0 saturated carbocycles. The monoisotopic (exact) mass is 231 g/mol. The summed E-state index contributed by atoms with van der Waals surface area (Å²) in [7, 11) is 0. The maximum absolute atomic E-state index is 11.7. The van der Waals surface area contributed by atoms with Gasteiger partial charge in [0, 0.05) is 24.6 Å². The van der Waals surface area contributed by atoms with Crippen molar-refractivity contribution in [1.82, 2.24) is 0 Å². The van der Waals surface area contributed by atoms with Gasteiger partial charge in [0.05, 0.1) is 12.7 Å². The summed E-state index contributed by atoms with van der Waals surface area (Å²) in [4.78, 5) is 13.6. The smallest absolute Gasteiger partial charge is 0.223 e. The second-order valence-corrected chi connectivity index (χ2v) is 5.23. The Bertz CT molecular complexity index is 471. The second-order valence-electron chi connectivity index (χ2n) is 5.23. The van der Waals surface area contributed by atoms with Crippen molar-refractivity contribution in [3.05, 3.63) is 29.8 Å². The van der Waals surface area contributed by atoms with Crippen LogP contribution in [0.2, 0.25) is 0 Å². The summed E-state index contributed by atoms with van der Waals surface area (Å²) in [6.45, 7) is 5.24. The highest BCUT2D eigenvalue weighted by Crippen LogP contribution is 2.47. The van der Waals surface area contributed by atoms with E-state index in [9.17, 15) is 4.79 Å². The van der Waals surface area contributed by atoms with Crippen LogP contribution in [0.1, 0.15) is 25.8 Å². The molecule has 2 unspecified atom stereocenters. The first-order chi connectivity index (χ1) is 8.12. The predicted octanol–water partition coefficient (Wildman–Crippen LogP) is 2.10. The van der Waals surface area contributed by atoms with Crippen molar-refractivity contribution in [1.29, 1.82) is 0 Å². The Morgan fingerprint density at radius 3 is 2.88 bits per heavy atom. The summed E-state index contributed by atoms with van der Waals surface area (Å²) < 4.78 is 5.74. The lowest BCUT2D eigenvalue weighted by Crippen LogP contribution is -2.36. The quantitative estimate of drug-likeness (QED) is 0.684. The van der Waals surface area contributed by atoms with Crippen LogP contribution in [0.4, 0.5) is 5.69 Å². The van der Waals surface area contributed by atoms with E-state index in [0.717, 1.165) is 25.3 Å². The van der Waals surface area contributed by atoms with Crippen LogP contribution < -0.4 is 4.90 Å². The Morgan fingerprint density at radius 1 is 1.47 bits per heavy atom. The van der Waals surface area contributed by atoms with Crippen LogP contribution in [0.15, 0.2) is 24.3 Å². The molecule has 1 saturated heterocycles. The van der Waals surface area contributed by atoms with Crippen molar-refractivity contribution in [3.63, 3.8) is 0 Å². The first kappa shape index (κ1) is 10.8. The van der Waals surface area contributed by atoms with E-state index in [-0.39, 0.29) is 17.4 Å². The van der Waals surface area contributed by atoms with Crippen LogP contribution in [0.3, 0.4) is 0 Å². The molecule has 1 aromatic carbocycles. The van der Waals surface area contributed by atoms with Crippen molar-refractivity contribution >= 4 is 11.6 Å². The normalized spacial score (nSPS) is 30.9. The van der Waals surface area contributed by atoms with Gasteiger partial charge in [0.1, 0.15) is 0 Å². The van der Waals surface area contributed by atoms with Gasteiger partial charge >= 0.3 is 0 Å². The molecule has 0 radical (unpaired) electrons. The molecule has 0 bridgehead atoms. The van der Waals surface area contributed by atoms with E-state index in [1.165, 1.54) is 5.56 Å². The van der Waals surface area contributed by atoms with Gasteiger partial charge in [-0.2, -0.15) is 0 Å². The summed E-state index contributed by atoms with van der Waals surface area (Å²) >= 11 is 0. The minimum absolute atomic E-state index is 0.0294. The summed E-state index contributed by atoms with van der Waals surface area (Å²) in [5, 5.41) is 0. The van der Waals surface area contributed by atoms with E-state index in [2.05, 4.69) is 13.0 Å². The summed E-state index contributed by atoms with van der Waals surface area (Å²) in [6, 6.07) is 8.22. The summed E-state index contributed by atoms with van der Waals surface area (Å²) in [6.07, 6.45) is 1.29. The van der Waals surface area contributed by atoms with Gasteiger partial charge in [0.25, 0.3) is 0 Å². The summed E-state index contributed by atoms with van der Waals surface area (Å²) in [5.41, 5.74) is 2.37. The molecule has 1 fully saturated rings. The average molecular weight is 231 g/mol. The van der Waals surface area contributed by atoms with Crippen LogP contribution in [-0.2, 0) is 14.9 Å². The molecule has 2 heterocycles. The van der Waals surface area contributed by atoms with Gasteiger partial charge in [0.15, 0.2) is 0 Å². The zero-order valence-electron chi connectivity index (χ0n) is 10.3. The Hall–Kier alpha value is -1.35. The number of carbonyl (C=O) groups excluding carboxylic acids is 1. The molecular formula is C14H17NO2. The molecule has 1 spiro atoms. The molecule has 0 N–H and O–H groups in total. The topological polar surface area (TPSA) is 29.5 Å². The van der Waals surface area contributed by atoms with Gasteiger partial charge in [-0.3, -0.25) is 4.79 Å². The van der Waals surface area contributed by atoms with E-state index < -0.39 is 0 Å². The second kappa shape index (κ2) is 3.57. The van der Waals surface area contributed by atoms with Crippen LogP contribution in [0.25, 0.3) is 0 Å². The molecule has 2 atom stereocenters. The number of hydrogen-bond donors (Lipinski definition) is 0. The lowest BCUT2D eigenvalue weighted by Gasteiger charge is -2.22. The molecule has 2 aliphatic rings. The number of amides is 1. The molecule has 0 aliphatic carbocycles. The summed E-state index contributed by atoms with van der Waals surface area (Å²) in [5.74, 6) is 0.119. The Balaban J connectivity index is 2.08. The third-order valence-corrected chi connectivity index (χ3v) is 3.93. The Kier molecular flexibility index (Phi) is 2.26. The lowest BCUT2D eigenvalue weighted by molar-refractivity contribution is -0.116. The van der Waals surface area contributed by atoms with Crippen LogP contribution in [0, 0.1) is 0 Å². The lowest BCUT2D eigenvalue weighted by atomic mass is 9.80. The first-order valence-corrected chi connectivity index (χ1v) is 6.12. The molecule has 90 valence electrons. The van der Waals surface area contributed by atoms with Crippen molar-refractivity contribution in [3.8, 4) is 0 Å². The highest BCUT2D eigenvalue weighted by Gasteiger charge is 2.48. The molecule has 3 heteroatoms. The number of para-hydroxylation sites is 1. The molecule has 1 amide bonds. The maximum Gasteiger partial charge on any atom is 0.223 e. The Labute approximate surface area is 101 Å². The average Bonchev–Trinajstić information content (AvgIpc) is 2.83. The fourth-order valence-electron chi connectivity index (χ4n) is 3.18. The SMILES string of the molecule is CC(=O)N1CC2(COC(C)C2)c2ccccc21. The van der Waals surface area contributed by atoms with Crippen molar-refractivity contribution in [2.45, 2.75) is 31.8 Å². The number of ether oxygens (including phenoxy) is 1. The van der Waals surface area contributed by atoms with Crippen LogP contribution in [0.5, 0.6) is 0 Å². The standard InChI is InChI=1S/C14H17NO2/c1-10-7-14(9-17-10)8-15(11(2)16)13-6-4-3-5-12(13)14/h3-6,10H,7-9H2,1-2H3. The number of anilines is 1. The molecule has 3 rings (SSSR count). The van der Waals surface area contributed by atoms with E-state index in [4.69, 9.17) is 4.74 Å². The highest BCUT2D eigenvalue weighted by molar-refractivity contribution is 5.94. The molecule has 17 heavy (non-hydrogen) atoms. The first-order valence-electron chi connectivity index (χ1n) is 6.12. The van der Waals surface area contributed by atoms with Crippen LogP contribution in [-0.4, -0.2) is 25.2 Å². The number of nitrogens with zero attached hydrogens (tertiary/aromatic N) is 1. The molecule has 2 aliphatic heterocycles. The number of hydrogen-bond acceptors (Lipinski definition) is 2. The number of rotatable bonds is 0. The van der Waals surface area contributed by atoms with Gasteiger partial charge in [-0.1, -0.05) is 18.2 Å². The fraction of sp³-hybridized carbons (Fsp3) is 0.500. The minimum Gasteiger partial charge on any atom is -0.377 e. The Morgan fingerprint density at radius 2 is 2.24 bits per heavy atom. The number of fused-ring (bicyclic) bond motifs is 2. The minimum atomic E-state index is 0.0294. The van der Waals surface area contributed by atoms with Crippen molar-refractivity contribution in [2.24, 2.45) is 0 Å². The molecule has 0 aromatic heterocycles. The number of benzene rings is 1. The van der Waals surface area contributed by atoms with E-state index >= 15 is 0 Å². The van der Waals surface area contributed by atoms with E-state index in [1.54, 1.807) is 6.92 Å². The predicted molar refractivity (Wildman–Crippen MR) is 66.2 cm³/mol.